The van der Waals surface area contributed by atoms with Crippen molar-refractivity contribution in [3.05, 3.63) is 33.4 Å². The third-order valence-electron chi connectivity index (χ3n) is 1.75. The van der Waals surface area contributed by atoms with E-state index in [9.17, 15) is 4.79 Å². The second kappa shape index (κ2) is 5.16. The van der Waals surface area contributed by atoms with Crippen molar-refractivity contribution in [2.45, 2.75) is 6.04 Å². The van der Waals surface area contributed by atoms with Gasteiger partial charge in [0.25, 0.3) is 0 Å². The SMILES string of the molecule is O=C(O)NC(CO)c1ccc(I)cc1. The molecule has 0 aliphatic rings. The molecule has 1 amide bonds. The molecule has 3 N–H and O–H groups in total. The molecule has 1 aromatic rings. The summed E-state index contributed by atoms with van der Waals surface area (Å²) in [7, 11) is 0. The van der Waals surface area contributed by atoms with E-state index in [0.29, 0.717) is 0 Å². The van der Waals surface area contributed by atoms with Crippen LogP contribution in [0.15, 0.2) is 24.3 Å². The minimum absolute atomic E-state index is 0.243. The zero-order valence-corrected chi connectivity index (χ0v) is 9.43. The van der Waals surface area contributed by atoms with E-state index in [-0.39, 0.29) is 6.61 Å². The molecule has 0 spiro atoms. The van der Waals surface area contributed by atoms with E-state index in [2.05, 4.69) is 27.9 Å². The fourth-order valence-electron chi connectivity index (χ4n) is 1.08. The van der Waals surface area contributed by atoms with E-state index in [1.807, 2.05) is 12.1 Å². The number of benzene rings is 1. The first-order valence-corrected chi connectivity index (χ1v) is 5.07. The van der Waals surface area contributed by atoms with Gasteiger partial charge in [-0.1, -0.05) is 12.1 Å². The van der Waals surface area contributed by atoms with Gasteiger partial charge in [-0.15, -0.1) is 0 Å². The zero-order valence-electron chi connectivity index (χ0n) is 7.27. The van der Waals surface area contributed by atoms with Crippen molar-refractivity contribution in [1.29, 1.82) is 0 Å². The summed E-state index contributed by atoms with van der Waals surface area (Å²) >= 11 is 2.16. The Balaban J connectivity index is 2.78. The first-order valence-electron chi connectivity index (χ1n) is 3.99. The predicted octanol–water partition coefficient (Wildman–Crippen LogP) is 1.59. The molecule has 0 bridgehead atoms. The Morgan fingerprint density at radius 1 is 1.43 bits per heavy atom. The number of hydrogen-bond donors (Lipinski definition) is 3. The van der Waals surface area contributed by atoms with Crippen molar-refractivity contribution < 1.29 is 15.0 Å². The predicted molar refractivity (Wildman–Crippen MR) is 60.1 cm³/mol. The Labute approximate surface area is 95.1 Å². The van der Waals surface area contributed by atoms with Crippen LogP contribution in [-0.2, 0) is 0 Å². The maximum absolute atomic E-state index is 10.4. The Hall–Kier alpha value is -0.820. The number of carbonyl (C=O) groups is 1. The summed E-state index contributed by atoms with van der Waals surface area (Å²) in [4.78, 5) is 10.4. The van der Waals surface area contributed by atoms with Crippen molar-refractivity contribution in [2.75, 3.05) is 6.61 Å². The molecule has 0 saturated carbocycles. The lowest BCUT2D eigenvalue weighted by Gasteiger charge is -2.14. The van der Waals surface area contributed by atoms with Crippen LogP contribution >= 0.6 is 22.6 Å². The van der Waals surface area contributed by atoms with Gasteiger partial charge >= 0.3 is 6.09 Å². The molecule has 1 aromatic carbocycles. The number of amides is 1. The molecule has 5 heteroatoms. The van der Waals surface area contributed by atoms with E-state index in [0.717, 1.165) is 9.13 Å². The molecule has 0 radical (unpaired) electrons. The first kappa shape index (κ1) is 11.3. The molecular formula is C9H10INO3. The first-order chi connectivity index (χ1) is 6.63. The van der Waals surface area contributed by atoms with Gasteiger partial charge in [0.2, 0.25) is 0 Å². The molecule has 4 nitrogen and oxygen atoms in total. The van der Waals surface area contributed by atoms with E-state index in [4.69, 9.17) is 10.2 Å². The van der Waals surface area contributed by atoms with Crippen LogP contribution in [0.1, 0.15) is 11.6 Å². The van der Waals surface area contributed by atoms with E-state index < -0.39 is 12.1 Å². The van der Waals surface area contributed by atoms with Gasteiger partial charge in [-0.25, -0.2) is 4.79 Å². The normalized spacial score (nSPS) is 12.1. The van der Waals surface area contributed by atoms with Crippen LogP contribution in [0.5, 0.6) is 0 Å². The van der Waals surface area contributed by atoms with E-state index in [1.54, 1.807) is 12.1 Å². The third-order valence-corrected chi connectivity index (χ3v) is 2.47. The highest BCUT2D eigenvalue weighted by atomic mass is 127. The zero-order chi connectivity index (χ0) is 10.6. The topological polar surface area (TPSA) is 69.6 Å². The fourth-order valence-corrected chi connectivity index (χ4v) is 1.44. The van der Waals surface area contributed by atoms with Crippen molar-refractivity contribution >= 4 is 28.7 Å². The van der Waals surface area contributed by atoms with Gasteiger partial charge in [0.05, 0.1) is 12.6 Å². The van der Waals surface area contributed by atoms with Crippen molar-refractivity contribution in [3.63, 3.8) is 0 Å². The Kier molecular flexibility index (Phi) is 4.15. The van der Waals surface area contributed by atoms with Crippen LogP contribution in [0.4, 0.5) is 4.79 Å². The fraction of sp³-hybridized carbons (Fsp3) is 0.222. The Bertz CT molecular complexity index is 312. The second-order valence-corrected chi connectivity index (χ2v) is 3.98. The van der Waals surface area contributed by atoms with E-state index >= 15 is 0 Å². The van der Waals surface area contributed by atoms with Crippen molar-refractivity contribution in [1.82, 2.24) is 5.32 Å². The molecule has 0 aromatic heterocycles. The van der Waals surface area contributed by atoms with Gasteiger partial charge in [0.15, 0.2) is 0 Å². The molecule has 1 rings (SSSR count). The summed E-state index contributed by atoms with van der Waals surface area (Å²) < 4.78 is 1.07. The molecule has 14 heavy (non-hydrogen) atoms. The Morgan fingerprint density at radius 3 is 2.43 bits per heavy atom. The van der Waals surface area contributed by atoms with E-state index in [1.165, 1.54) is 0 Å². The Morgan fingerprint density at radius 2 is 2.00 bits per heavy atom. The molecule has 0 fully saturated rings. The molecule has 0 aliphatic heterocycles. The number of aliphatic hydroxyl groups is 1. The van der Waals surface area contributed by atoms with Gasteiger partial charge in [0.1, 0.15) is 0 Å². The maximum atomic E-state index is 10.4. The third kappa shape index (κ3) is 3.15. The average molecular weight is 307 g/mol. The molecule has 0 heterocycles. The van der Waals surface area contributed by atoms with Gasteiger partial charge < -0.3 is 15.5 Å². The number of carboxylic acid groups (broad SMARTS) is 1. The van der Waals surface area contributed by atoms with Crippen molar-refractivity contribution in [3.8, 4) is 0 Å². The van der Waals surface area contributed by atoms with Gasteiger partial charge in [-0.05, 0) is 40.3 Å². The monoisotopic (exact) mass is 307 g/mol. The molecule has 1 atom stereocenters. The summed E-state index contributed by atoms with van der Waals surface area (Å²) in [5, 5.41) is 19.7. The summed E-state index contributed by atoms with van der Waals surface area (Å²) in [6.45, 7) is -0.243. The van der Waals surface area contributed by atoms with Crippen LogP contribution in [-0.4, -0.2) is 22.9 Å². The number of nitrogens with one attached hydrogen (secondary N) is 1. The molecular weight excluding hydrogens is 297 g/mol. The standard InChI is InChI=1S/C9H10INO3/c10-7-3-1-6(2-4-7)8(5-12)11-9(13)14/h1-4,8,11-12H,5H2,(H,13,14). The number of rotatable bonds is 3. The highest BCUT2D eigenvalue weighted by molar-refractivity contribution is 14.1. The van der Waals surface area contributed by atoms with Crippen LogP contribution < -0.4 is 5.32 Å². The molecule has 0 saturated heterocycles. The number of halogens is 1. The quantitative estimate of drug-likeness (QED) is 0.743. The summed E-state index contributed by atoms with van der Waals surface area (Å²) in [5.74, 6) is 0. The summed E-state index contributed by atoms with van der Waals surface area (Å²) in [5.41, 5.74) is 0.760. The average Bonchev–Trinajstić information content (AvgIpc) is 2.15. The maximum Gasteiger partial charge on any atom is 0.405 e. The number of aliphatic hydroxyl groups excluding tert-OH is 1. The summed E-state index contributed by atoms with van der Waals surface area (Å²) in [6, 6.07) is 6.76. The van der Waals surface area contributed by atoms with Crippen LogP contribution in [0, 0.1) is 3.57 Å². The van der Waals surface area contributed by atoms with Crippen LogP contribution in [0.25, 0.3) is 0 Å². The second-order valence-electron chi connectivity index (χ2n) is 2.74. The van der Waals surface area contributed by atoms with Gasteiger partial charge in [0, 0.05) is 3.57 Å². The van der Waals surface area contributed by atoms with Gasteiger partial charge in [-0.2, -0.15) is 0 Å². The highest BCUT2D eigenvalue weighted by Crippen LogP contribution is 2.14. The highest BCUT2D eigenvalue weighted by Gasteiger charge is 2.11. The smallest absolute Gasteiger partial charge is 0.405 e. The summed E-state index contributed by atoms with van der Waals surface area (Å²) in [6.07, 6.45) is -1.14. The molecule has 1 unspecified atom stereocenters. The largest absolute Gasteiger partial charge is 0.465 e. The van der Waals surface area contributed by atoms with Crippen LogP contribution in [0.2, 0.25) is 0 Å². The number of hydrogen-bond acceptors (Lipinski definition) is 2. The minimum Gasteiger partial charge on any atom is -0.465 e. The van der Waals surface area contributed by atoms with Crippen LogP contribution in [0.3, 0.4) is 0 Å². The minimum atomic E-state index is -1.14. The lowest BCUT2D eigenvalue weighted by atomic mass is 10.1. The van der Waals surface area contributed by atoms with Gasteiger partial charge in [-0.3, -0.25) is 0 Å². The molecule has 0 aliphatic carbocycles. The lowest BCUT2D eigenvalue weighted by molar-refractivity contribution is 0.177. The van der Waals surface area contributed by atoms with Crippen molar-refractivity contribution in [2.24, 2.45) is 0 Å². The lowest BCUT2D eigenvalue weighted by Crippen LogP contribution is -2.29. The molecule has 76 valence electrons.